The minimum Gasteiger partial charge on any atom is -0.313 e. The maximum Gasteiger partial charge on any atom is 0.155 e. The number of benzene rings is 1. The van der Waals surface area contributed by atoms with Gasteiger partial charge in [0.05, 0.1) is 11.5 Å². The van der Waals surface area contributed by atoms with E-state index >= 15 is 0 Å². The number of rotatable bonds is 8. The zero-order valence-corrected chi connectivity index (χ0v) is 13.8. The summed E-state index contributed by atoms with van der Waals surface area (Å²) in [6.45, 7) is 9.04. The molecule has 0 radical (unpaired) electrons. The zero-order chi connectivity index (χ0) is 15.2. The topological polar surface area (TPSA) is 46.2 Å². The standard InChI is InChI=1S/C16H27NO2S/c1-5-10-17-16(13(2)3)12-20(18,19)11-15-9-7-6-8-14(15)4/h6-9,13,16-17H,5,10-12H2,1-4H3. The van der Waals surface area contributed by atoms with Crippen LogP contribution in [0.2, 0.25) is 0 Å². The Balaban J connectivity index is 2.75. The van der Waals surface area contributed by atoms with Gasteiger partial charge in [0.1, 0.15) is 0 Å². The molecule has 3 nitrogen and oxygen atoms in total. The lowest BCUT2D eigenvalue weighted by atomic mass is 10.1. The highest BCUT2D eigenvalue weighted by atomic mass is 32.2. The maximum absolute atomic E-state index is 12.4. The van der Waals surface area contributed by atoms with Crippen LogP contribution in [0.3, 0.4) is 0 Å². The van der Waals surface area contributed by atoms with Crippen LogP contribution < -0.4 is 5.32 Å². The molecule has 1 aromatic carbocycles. The molecule has 1 aromatic rings. The molecule has 0 aromatic heterocycles. The third-order valence-corrected chi connectivity index (χ3v) is 5.15. The van der Waals surface area contributed by atoms with Crippen molar-refractivity contribution in [2.24, 2.45) is 5.92 Å². The Morgan fingerprint density at radius 2 is 1.85 bits per heavy atom. The molecule has 0 aliphatic heterocycles. The van der Waals surface area contributed by atoms with Crippen molar-refractivity contribution in [3.63, 3.8) is 0 Å². The van der Waals surface area contributed by atoms with Gasteiger partial charge in [-0.25, -0.2) is 8.42 Å². The normalized spacial score (nSPS) is 13.7. The quantitative estimate of drug-likeness (QED) is 0.802. The minimum absolute atomic E-state index is 0.0315. The van der Waals surface area contributed by atoms with Gasteiger partial charge in [0.25, 0.3) is 0 Å². The summed E-state index contributed by atoms with van der Waals surface area (Å²) in [5, 5.41) is 3.35. The van der Waals surface area contributed by atoms with Crippen LogP contribution in [-0.2, 0) is 15.6 Å². The Kier molecular flexibility index (Phi) is 6.69. The summed E-state index contributed by atoms with van der Waals surface area (Å²) in [5.74, 6) is 0.656. The first-order valence-electron chi connectivity index (χ1n) is 7.34. The molecular formula is C16H27NO2S. The number of hydrogen-bond donors (Lipinski definition) is 1. The van der Waals surface area contributed by atoms with Gasteiger partial charge in [0.2, 0.25) is 0 Å². The van der Waals surface area contributed by atoms with Gasteiger partial charge in [0.15, 0.2) is 9.84 Å². The number of nitrogens with one attached hydrogen (secondary N) is 1. The third-order valence-electron chi connectivity index (χ3n) is 3.53. The van der Waals surface area contributed by atoms with E-state index in [9.17, 15) is 8.42 Å². The van der Waals surface area contributed by atoms with Crippen molar-refractivity contribution in [2.45, 2.75) is 45.9 Å². The van der Waals surface area contributed by atoms with Gasteiger partial charge in [0, 0.05) is 6.04 Å². The Labute approximate surface area is 123 Å². The van der Waals surface area contributed by atoms with E-state index in [4.69, 9.17) is 0 Å². The highest BCUT2D eigenvalue weighted by molar-refractivity contribution is 7.90. The second-order valence-corrected chi connectivity index (χ2v) is 7.89. The van der Waals surface area contributed by atoms with Crippen molar-refractivity contribution in [1.82, 2.24) is 5.32 Å². The van der Waals surface area contributed by atoms with Gasteiger partial charge in [-0.05, 0) is 36.9 Å². The third kappa shape index (κ3) is 5.63. The molecule has 1 N–H and O–H groups in total. The molecular weight excluding hydrogens is 270 g/mol. The zero-order valence-electron chi connectivity index (χ0n) is 13.0. The van der Waals surface area contributed by atoms with Gasteiger partial charge in [-0.2, -0.15) is 0 Å². The van der Waals surface area contributed by atoms with Crippen molar-refractivity contribution in [1.29, 1.82) is 0 Å². The molecule has 0 saturated carbocycles. The number of hydrogen-bond acceptors (Lipinski definition) is 3. The van der Waals surface area contributed by atoms with Gasteiger partial charge in [-0.1, -0.05) is 45.0 Å². The smallest absolute Gasteiger partial charge is 0.155 e. The summed E-state index contributed by atoms with van der Waals surface area (Å²) < 4.78 is 24.8. The van der Waals surface area contributed by atoms with E-state index in [-0.39, 0.29) is 17.5 Å². The Morgan fingerprint density at radius 3 is 2.40 bits per heavy atom. The van der Waals surface area contributed by atoms with Crippen LogP contribution in [0, 0.1) is 12.8 Å². The van der Waals surface area contributed by atoms with E-state index < -0.39 is 9.84 Å². The van der Waals surface area contributed by atoms with Gasteiger partial charge < -0.3 is 5.32 Å². The highest BCUT2D eigenvalue weighted by Gasteiger charge is 2.22. The summed E-state index contributed by atoms with van der Waals surface area (Å²) in [5.41, 5.74) is 1.95. The first-order chi connectivity index (χ1) is 9.35. The molecule has 0 amide bonds. The van der Waals surface area contributed by atoms with Crippen LogP contribution in [-0.4, -0.2) is 26.8 Å². The summed E-state index contributed by atoms with van der Waals surface area (Å²) in [4.78, 5) is 0. The fourth-order valence-electron chi connectivity index (χ4n) is 2.16. The Hall–Kier alpha value is -0.870. The lowest BCUT2D eigenvalue weighted by Gasteiger charge is -2.22. The molecule has 0 spiro atoms. The van der Waals surface area contributed by atoms with E-state index in [1.807, 2.05) is 31.2 Å². The molecule has 1 rings (SSSR count). The second-order valence-electron chi connectivity index (χ2n) is 5.79. The summed E-state index contributed by atoms with van der Waals surface area (Å²) >= 11 is 0. The Bertz CT molecular complexity index is 509. The second kappa shape index (κ2) is 7.79. The first kappa shape index (κ1) is 17.2. The van der Waals surface area contributed by atoms with Crippen LogP contribution in [0.25, 0.3) is 0 Å². The van der Waals surface area contributed by atoms with E-state index in [1.54, 1.807) is 0 Å². The monoisotopic (exact) mass is 297 g/mol. The largest absolute Gasteiger partial charge is 0.313 e. The van der Waals surface area contributed by atoms with Crippen LogP contribution in [0.4, 0.5) is 0 Å². The van der Waals surface area contributed by atoms with E-state index in [0.29, 0.717) is 5.92 Å². The molecule has 114 valence electrons. The fourth-order valence-corrected chi connectivity index (χ4v) is 4.12. The number of sulfone groups is 1. The minimum atomic E-state index is -3.09. The Morgan fingerprint density at radius 1 is 1.20 bits per heavy atom. The molecule has 1 unspecified atom stereocenters. The van der Waals surface area contributed by atoms with E-state index in [2.05, 4.69) is 26.1 Å². The number of aryl methyl sites for hydroxylation is 1. The van der Waals surface area contributed by atoms with Crippen LogP contribution in [0.15, 0.2) is 24.3 Å². The molecule has 1 atom stereocenters. The van der Waals surface area contributed by atoms with Crippen LogP contribution >= 0.6 is 0 Å². The molecule has 0 aliphatic rings. The predicted octanol–water partition coefficient (Wildman–Crippen LogP) is 2.93. The summed E-state index contributed by atoms with van der Waals surface area (Å²) in [7, 11) is -3.09. The molecule has 0 aliphatic carbocycles. The van der Waals surface area contributed by atoms with Crippen molar-refractivity contribution in [2.75, 3.05) is 12.3 Å². The van der Waals surface area contributed by atoms with Gasteiger partial charge in [-0.15, -0.1) is 0 Å². The van der Waals surface area contributed by atoms with E-state index in [0.717, 1.165) is 24.1 Å². The van der Waals surface area contributed by atoms with Crippen LogP contribution in [0.1, 0.15) is 38.3 Å². The van der Waals surface area contributed by atoms with E-state index in [1.165, 1.54) is 0 Å². The molecule has 0 saturated heterocycles. The van der Waals surface area contributed by atoms with Crippen LogP contribution in [0.5, 0.6) is 0 Å². The van der Waals surface area contributed by atoms with Crippen molar-refractivity contribution >= 4 is 9.84 Å². The SMILES string of the molecule is CCCNC(CS(=O)(=O)Cc1ccccc1C)C(C)C. The highest BCUT2D eigenvalue weighted by Crippen LogP contribution is 2.14. The molecule has 20 heavy (non-hydrogen) atoms. The molecule has 0 bridgehead atoms. The lowest BCUT2D eigenvalue weighted by molar-refractivity contribution is 0.426. The van der Waals surface area contributed by atoms with Crippen molar-refractivity contribution in [3.05, 3.63) is 35.4 Å². The molecule has 0 fully saturated rings. The predicted molar refractivity (Wildman–Crippen MR) is 85.6 cm³/mol. The maximum atomic E-state index is 12.4. The first-order valence-corrected chi connectivity index (χ1v) is 9.16. The van der Waals surface area contributed by atoms with Gasteiger partial charge >= 0.3 is 0 Å². The summed E-state index contributed by atoms with van der Waals surface area (Å²) in [6.07, 6.45) is 1.01. The van der Waals surface area contributed by atoms with Crippen molar-refractivity contribution < 1.29 is 8.42 Å². The lowest BCUT2D eigenvalue weighted by Crippen LogP contribution is -2.40. The fraction of sp³-hybridized carbons (Fsp3) is 0.625. The molecule has 4 heteroatoms. The average Bonchev–Trinajstić information content (AvgIpc) is 2.36. The van der Waals surface area contributed by atoms with Crippen molar-refractivity contribution in [3.8, 4) is 0 Å². The average molecular weight is 297 g/mol. The summed E-state index contributed by atoms with van der Waals surface area (Å²) in [6, 6.07) is 7.72. The van der Waals surface area contributed by atoms with Gasteiger partial charge in [-0.3, -0.25) is 0 Å². The molecule has 0 heterocycles.